The minimum atomic E-state index is -0.793. The first-order valence-corrected chi connectivity index (χ1v) is 8.54. The molecule has 0 amide bonds. The molecule has 22 heavy (non-hydrogen) atoms. The van der Waals surface area contributed by atoms with Crippen molar-refractivity contribution in [1.82, 2.24) is 0 Å². The molecule has 0 unspecified atom stereocenters. The average molecular weight is 317 g/mol. The number of aromatic carboxylic acids is 1. The molecule has 0 saturated carbocycles. The van der Waals surface area contributed by atoms with Crippen LogP contribution in [-0.2, 0) is 12.8 Å². The molecule has 0 saturated heterocycles. The van der Waals surface area contributed by atoms with Crippen LogP contribution < -0.4 is 0 Å². The lowest BCUT2D eigenvalue weighted by molar-refractivity contribution is 0.0695. The zero-order valence-corrected chi connectivity index (χ0v) is 13.7. The van der Waals surface area contributed by atoms with E-state index in [1.54, 1.807) is 6.07 Å². The topological polar surface area (TPSA) is 37.3 Å². The lowest BCUT2D eigenvalue weighted by Crippen LogP contribution is -2.04. The van der Waals surface area contributed by atoms with Gasteiger partial charge in [0.1, 0.15) is 0 Å². The van der Waals surface area contributed by atoms with Crippen LogP contribution in [-0.4, -0.2) is 34.1 Å². The molecule has 0 heterocycles. The van der Waals surface area contributed by atoms with Gasteiger partial charge in [-0.2, -0.15) is 0 Å². The van der Waals surface area contributed by atoms with Gasteiger partial charge in [-0.1, -0.05) is 64.5 Å². The lowest BCUT2D eigenvalue weighted by Gasteiger charge is -2.09. The maximum atomic E-state index is 11.3. The van der Waals surface area contributed by atoms with E-state index in [9.17, 15) is 9.90 Å². The molecule has 0 radical (unpaired) electrons. The quantitative estimate of drug-likeness (QED) is 0.474. The van der Waals surface area contributed by atoms with Crippen LogP contribution in [0.25, 0.3) is 0 Å². The van der Waals surface area contributed by atoms with Crippen LogP contribution in [0.4, 0.5) is 0 Å². The number of benzene rings is 1. The van der Waals surface area contributed by atoms with Gasteiger partial charge in [0.2, 0.25) is 0 Å². The average Bonchev–Trinajstić information content (AvgIpc) is 2.48. The molecule has 0 spiro atoms. The van der Waals surface area contributed by atoms with Crippen molar-refractivity contribution in [2.45, 2.75) is 78.1 Å². The molecule has 1 aromatic rings. The Morgan fingerprint density at radius 1 is 0.909 bits per heavy atom. The maximum Gasteiger partial charge on any atom is 0.335 e. The summed E-state index contributed by atoms with van der Waals surface area (Å²) in [4.78, 5) is 11.3. The van der Waals surface area contributed by atoms with Crippen LogP contribution >= 0.6 is 0 Å². The first-order chi connectivity index (χ1) is 10.2. The number of unbranched alkanes of at least 4 members (excludes halogenated alkanes) is 6. The second kappa shape index (κ2) is 12.9. The van der Waals surface area contributed by atoms with Crippen LogP contribution in [0, 0.1) is 0 Å². The summed E-state index contributed by atoms with van der Waals surface area (Å²) in [6.07, 6.45) is 11.7. The summed E-state index contributed by atoms with van der Waals surface area (Å²) in [5.41, 5.74) is 2.80. The van der Waals surface area contributed by atoms with Gasteiger partial charge in [-0.3, -0.25) is 0 Å². The highest BCUT2D eigenvalue weighted by atomic mass is 24.3. The van der Waals surface area contributed by atoms with Crippen molar-refractivity contribution in [3.05, 3.63) is 34.9 Å². The molecule has 0 atom stereocenters. The van der Waals surface area contributed by atoms with E-state index in [1.165, 1.54) is 50.5 Å². The normalized spacial score (nSPS) is 10.3. The zero-order valence-electron chi connectivity index (χ0n) is 13.7. The number of carboxylic acids is 1. The van der Waals surface area contributed by atoms with Crippen molar-refractivity contribution in [2.24, 2.45) is 0 Å². The Hall–Kier alpha value is -0.544. The smallest absolute Gasteiger partial charge is 0.335 e. The van der Waals surface area contributed by atoms with E-state index < -0.39 is 5.97 Å². The number of rotatable bonds is 11. The number of aryl methyl sites for hydroxylation is 2. The molecule has 122 valence electrons. The van der Waals surface area contributed by atoms with Gasteiger partial charge in [-0.15, -0.1) is 0 Å². The Balaban J connectivity index is 0.00000441. The fourth-order valence-electron chi connectivity index (χ4n) is 2.72. The number of carbonyl (C=O) groups is 1. The van der Waals surface area contributed by atoms with Gasteiger partial charge in [0.15, 0.2) is 0 Å². The van der Waals surface area contributed by atoms with Gasteiger partial charge in [0, 0.05) is 0 Å². The second-order valence-electron chi connectivity index (χ2n) is 5.92. The number of hydrogen-bond acceptors (Lipinski definition) is 1. The molecular formula is C19H32MgO2. The van der Waals surface area contributed by atoms with E-state index in [0.29, 0.717) is 5.56 Å². The third-order valence-electron chi connectivity index (χ3n) is 4.02. The van der Waals surface area contributed by atoms with Crippen molar-refractivity contribution >= 4 is 29.0 Å². The van der Waals surface area contributed by atoms with E-state index >= 15 is 0 Å². The largest absolute Gasteiger partial charge is 0.478 e. The third kappa shape index (κ3) is 8.18. The lowest BCUT2D eigenvalue weighted by atomic mass is 9.96. The van der Waals surface area contributed by atoms with Gasteiger partial charge in [-0.05, 0) is 42.9 Å². The zero-order chi connectivity index (χ0) is 15.5. The Bertz CT molecular complexity index is 429. The van der Waals surface area contributed by atoms with Gasteiger partial charge < -0.3 is 5.11 Å². The van der Waals surface area contributed by atoms with Crippen LogP contribution in [0.15, 0.2) is 18.2 Å². The highest BCUT2D eigenvalue weighted by Crippen LogP contribution is 2.18. The van der Waals surface area contributed by atoms with Gasteiger partial charge in [-0.25, -0.2) is 4.79 Å². The first kappa shape index (κ1) is 21.5. The second-order valence-corrected chi connectivity index (χ2v) is 5.92. The Morgan fingerprint density at radius 3 is 2.05 bits per heavy atom. The molecule has 1 aromatic carbocycles. The fourth-order valence-corrected chi connectivity index (χ4v) is 2.72. The first-order valence-electron chi connectivity index (χ1n) is 8.54. The summed E-state index contributed by atoms with van der Waals surface area (Å²) in [5, 5.41) is 9.31. The molecule has 0 aliphatic heterocycles. The van der Waals surface area contributed by atoms with Crippen LogP contribution in [0.2, 0.25) is 0 Å². The molecule has 1 rings (SSSR count). The molecule has 0 aromatic heterocycles. The maximum absolute atomic E-state index is 11.3. The predicted molar refractivity (Wildman–Crippen MR) is 97.6 cm³/mol. The van der Waals surface area contributed by atoms with Crippen LogP contribution in [0.1, 0.15) is 86.7 Å². The summed E-state index contributed by atoms with van der Waals surface area (Å²) in [6.45, 7) is 4.41. The van der Waals surface area contributed by atoms with Crippen LogP contribution in [0.3, 0.4) is 0 Å². The molecule has 1 N–H and O–H groups in total. The molecule has 0 bridgehead atoms. The summed E-state index contributed by atoms with van der Waals surface area (Å²) in [6, 6.07) is 5.92. The van der Waals surface area contributed by atoms with E-state index in [-0.39, 0.29) is 23.1 Å². The summed E-state index contributed by atoms with van der Waals surface area (Å²) in [7, 11) is 0. The number of hydrogen-bond donors (Lipinski definition) is 1. The van der Waals surface area contributed by atoms with E-state index in [2.05, 4.69) is 19.9 Å². The van der Waals surface area contributed by atoms with Crippen molar-refractivity contribution in [3.63, 3.8) is 0 Å². The molecule has 0 aliphatic carbocycles. The van der Waals surface area contributed by atoms with Gasteiger partial charge in [0.25, 0.3) is 0 Å². The summed E-state index contributed by atoms with van der Waals surface area (Å²) < 4.78 is 0. The third-order valence-corrected chi connectivity index (χ3v) is 4.02. The van der Waals surface area contributed by atoms with Crippen molar-refractivity contribution in [2.75, 3.05) is 0 Å². The minimum absolute atomic E-state index is 0. The highest BCUT2D eigenvalue weighted by molar-refractivity contribution is 5.89. The molecule has 0 fully saturated rings. The van der Waals surface area contributed by atoms with Crippen molar-refractivity contribution in [3.8, 4) is 0 Å². The molecule has 3 heteroatoms. The SMILES string of the molecule is CCCCCCc1ccc(C(=O)O)c(CCCCCC)c1.[MgH2]. The van der Waals surface area contributed by atoms with Crippen molar-refractivity contribution in [1.29, 1.82) is 0 Å². The highest BCUT2D eigenvalue weighted by Gasteiger charge is 2.10. The Kier molecular flexibility index (Phi) is 12.6. The van der Waals surface area contributed by atoms with Gasteiger partial charge in [0.05, 0.1) is 5.56 Å². The van der Waals surface area contributed by atoms with E-state index in [1.807, 2.05) is 6.07 Å². The summed E-state index contributed by atoms with van der Waals surface area (Å²) >= 11 is 0. The van der Waals surface area contributed by atoms with E-state index in [0.717, 1.165) is 24.8 Å². The fraction of sp³-hybridized carbons (Fsp3) is 0.632. The number of carboxylic acid groups (broad SMARTS) is 1. The van der Waals surface area contributed by atoms with Gasteiger partial charge >= 0.3 is 29.0 Å². The monoisotopic (exact) mass is 316 g/mol. The minimum Gasteiger partial charge on any atom is -0.478 e. The molecule has 2 nitrogen and oxygen atoms in total. The van der Waals surface area contributed by atoms with Crippen LogP contribution in [0.5, 0.6) is 0 Å². The molecule has 0 aliphatic rings. The Morgan fingerprint density at radius 2 is 1.50 bits per heavy atom. The standard InChI is InChI=1S/C19H30O2.Mg.2H/c1-3-5-7-9-11-16-13-14-18(19(20)21)17(15-16)12-10-8-6-4-2;;;/h13-15H,3-12H2,1-2H3,(H,20,21);;;. The molecular weight excluding hydrogens is 285 g/mol. The van der Waals surface area contributed by atoms with Crippen molar-refractivity contribution < 1.29 is 9.90 Å². The van der Waals surface area contributed by atoms with E-state index in [4.69, 9.17) is 0 Å². The predicted octanol–water partition coefficient (Wildman–Crippen LogP) is 4.71. The summed E-state index contributed by atoms with van der Waals surface area (Å²) in [5.74, 6) is -0.793. The Labute approximate surface area is 151 Å².